The molecule has 0 bridgehead atoms. The molecule has 1 aromatic rings. The second-order valence-electron chi connectivity index (χ2n) is 4.42. The number of carboxylic acids is 1. The van der Waals surface area contributed by atoms with Gasteiger partial charge in [-0.3, -0.25) is 0 Å². The summed E-state index contributed by atoms with van der Waals surface area (Å²) >= 11 is 0. The van der Waals surface area contributed by atoms with Crippen LogP contribution >= 0.6 is 0 Å². The summed E-state index contributed by atoms with van der Waals surface area (Å²) in [4.78, 5) is 12.6. The van der Waals surface area contributed by atoms with Gasteiger partial charge >= 0.3 is 5.97 Å². The van der Waals surface area contributed by atoms with E-state index in [9.17, 15) is 9.18 Å². The Hall–Kier alpha value is -1.66. The van der Waals surface area contributed by atoms with Crippen molar-refractivity contribution in [2.45, 2.75) is 12.2 Å². The Morgan fingerprint density at radius 3 is 2.32 bits per heavy atom. The number of nitrogens with zero attached hydrogens (tertiary/aromatic N) is 1. The fourth-order valence-corrected chi connectivity index (χ4v) is 2.29. The SMILES string of the molecule is COC1CN(c2ccc(C(=O)O)cc2F)CC1OC. The Labute approximate surface area is 110 Å². The van der Waals surface area contributed by atoms with Crippen molar-refractivity contribution in [3.05, 3.63) is 29.6 Å². The van der Waals surface area contributed by atoms with Crippen molar-refractivity contribution in [1.82, 2.24) is 0 Å². The molecule has 2 atom stereocenters. The summed E-state index contributed by atoms with van der Waals surface area (Å²) in [5.74, 6) is -1.69. The average molecular weight is 269 g/mol. The molecule has 19 heavy (non-hydrogen) atoms. The van der Waals surface area contributed by atoms with Gasteiger partial charge in [-0.15, -0.1) is 0 Å². The number of methoxy groups -OCH3 is 2. The van der Waals surface area contributed by atoms with Crippen LogP contribution in [0.2, 0.25) is 0 Å². The highest BCUT2D eigenvalue weighted by Crippen LogP contribution is 2.26. The Morgan fingerprint density at radius 1 is 1.32 bits per heavy atom. The summed E-state index contributed by atoms with van der Waals surface area (Å²) in [5.41, 5.74) is 0.304. The second-order valence-corrected chi connectivity index (χ2v) is 4.42. The minimum absolute atomic E-state index is 0.0629. The third kappa shape index (κ3) is 2.69. The van der Waals surface area contributed by atoms with E-state index in [-0.39, 0.29) is 17.8 Å². The van der Waals surface area contributed by atoms with Crippen LogP contribution in [0.4, 0.5) is 10.1 Å². The van der Waals surface area contributed by atoms with Crippen LogP contribution in [0.5, 0.6) is 0 Å². The number of halogens is 1. The highest BCUT2D eigenvalue weighted by atomic mass is 19.1. The predicted molar refractivity (Wildman–Crippen MR) is 67.2 cm³/mol. The van der Waals surface area contributed by atoms with Gasteiger partial charge in [0.1, 0.15) is 18.0 Å². The van der Waals surface area contributed by atoms with Crippen LogP contribution in [0.25, 0.3) is 0 Å². The van der Waals surface area contributed by atoms with E-state index in [1.165, 1.54) is 12.1 Å². The topological polar surface area (TPSA) is 59.0 Å². The first-order valence-electron chi connectivity index (χ1n) is 5.90. The molecule has 6 heteroatoms. The van der Waals surface area contributed by atoms with Gasteiger partial charge in [-0.05, 0) is 18.2 Å². The largest absolute Gasteiger partial charge is 0.478 e. The third-order valence-electron chi connectivity index (χ3n) is 3.36. The van der Waals surface area contributed by atoms with E-state index >= 15 is 0 Å². The standard InChI is InChI=1S/C13H16FNO4/c1-18-11-6-15(7-12(11)19-2)10-4-3-8(13(16)17)5-9(10)14/h3-5,11-12H,6-7H2,1-2H3,(H,16,17). The third-order valence-corrected chi connectivity index (χ3v) is 3.36. The Kier molecular flexibility index (Phi) is 4.01. The van der Waals surface area contributed by atoms with E-state index in [1.54, 1.807) is 19.1 Å². The van der Waals surface area contributed by atoms with Gasteiger partial charge in [-0.25, -0.2) is 9.18 Å². The van der Waals surface area contributed by atoms with Gasteiger partial charge in [-0.2, -0.15) is 0 Å². The summed E-state index contributed by atoms with van der Waals surface area (Å²) in [5, 5.41) is 8.81. The maximum atomic E-state index is 13.9. The average Bonchev–Trinajstić information content (AvgIpc) is 2.81. The lowest BCUT2D eigenvalue weighted by molar-refractivity contribution is -0.00461. The highest BCUT2D eigenvalue weighted by molar-refractivity contribution is 5.88. The maximum Gasteiger partial charge on any atom is 0.335 e. The van der Waals surface area contributed by atoms with Crippen LogP contribution in [0.3, 0.4) is 0 Å². The van der Waals surface area contributed by atoms with Gasteiger partial charge in [0, 0.05) is 27.3 Å². The first kappa shape index (κ1) is 13.8. The molecule has 2 rings (SSSR count). The van der Waals surface area contributed by atoms with Crippen LogP contribution < -0.4 is 4.90 Å². The minimum atomic E-state index is -1.14. The van der Waals surface area contributed by atoms with Gasteiger partial charge in [-0.1, -0.05) is 0 Å². The Balaban J connectivity index is 2.21. The molecule has 1 aromatic carbocycles. The molecule has 1 aliphatic heterocycles. The smallest absolute Gasteiger partial charge is 0.335 e. The van der Waals surface area contributed by atoms with E-state index in [0.717, 1.165) is 6.07 Å². The Morgan fingerprint density at radius 2 is 1.89 bits per heavy atom. The highest BCUT2D eigenvalue weighted by Gasteiger charge is 2.34. The molecule has 1 aliphatic rings. The summed E-state index contributed by atoms with van der Waals surface area (Å²) in [6.45, 7) is 1.02. The molecule has 0 aromatic heterocycles. The zero-order valence-corrected chi connectivity index (χ0v) is 10.8. The van der Waals surface area contributed by atoms with Crippen molar-refractivity contribution < 1.29 is 23.8 Å². The normalized spacial score (nSPS) is 22.8. The summed E-state index contributed by atoms with van der Waals surface area (Å²) in [6.07, 6.45) is -0.243. The first-order chi connectivity index (χ1) is 9.06. The number of hydrogen-bond acceptors (Lipinski definition) is 4. The molecule has 2 unspecified atom stereocenters. The summed E-state index contributed by atoms with van der Waals surface area (Å²) < 4.78 is 24.5. The quantitative estimate of drug-likeness (QED) is 0.894. The summed E-state index contributed by atoms with van der Waals surface area (Å²) in [6, 6.07) is 3.89. The van der Waals surface area contributed by atoms with Crippen molar-refractivity contribution >= 4 is 11.7 Å². The molecule has 1 fully saturated rings. The van der Waals surface area contributed by atoms with Crippen LogP contribution in [0.1, 0.15) is 10.4 Å². The van der Waals surface area contributed by atoms with Gasteiger partial charge in [0.05, 0.1) is 11.3 Å². The summed E-state index contributed by atoms with van der Waals surface area (Å²) in [7, 11) is 3.17. The van der Waals surface area contributed by atoms with Crippen LogP contribution in [0.15, 0.2) is 18.2 Å². The number of aromatic carboxylic acids is 1. The number of carboxylic acid groups (broad SMARTS) is 1. The van der Waals surface area contributed by atoms with E-state index < -0.39 is 11.8 Å². The molecule has 104 valence electrons. The number of carbonyl (C=O) groups is 1. The zero-order valence-electron chi connectivity index (χ0n) is 10.8. The van der Waals surface area contributed by atoms with Gasteiger partial charge in [0.25, 0.3) is 0 Å². The molecule has 0 saturated carbocycles. The molecular formula is C13H16FNO4. The predicted octanol–water partition coefficient (Wildman–Crippen LogP) is 1.37. The molecule has 0 spiro atoms. The monoisotopic (exact) mass is 269 g/mol. The fourth-order valence-electron chi connectivity index (χ4n) is 2.29. The van der Waals surface area contributed by atoms with Gasteiger partial charge < -0.3 is 19.5 Å². The minimum Gasteiger partial charge on any atom is -0.478 e. The lowest BCUT2D eigenvalue weighted by Gasteiger charge is -2.18. The van der Waals surface area contributed by atoms with Crippen LogP contribution in [-0.2, 0) is 9.47 Å². The Bertz CT molecular complexity index is 468. The van der Waals surface area contributed by atoms with Gasteiger partial charge in [0.2, 0.25) is 0 Å². The van der Waals surface area contributed by atoms with E-state index in [4.69, 9.17) is 14.6 Å². The number of rotatable bonds is 4. The fraction of sp³-hybridized carbons (Fsp3) is 0.462. The van der Waals surface area contributed by atoms with Crippen LogP contribution in [0, 0.1) is 5.82 Å². The molecule has 0 radical (unpaired) electrons. The first-order valence-corrected chi connectivity index (χ1v) is 5.90. The number of benzene rings is 1. The molecule has 1 N–H and O–H groups in total. The lowest BCUT2D eigenvalue weighted by atomic mass is 10.2. The molecule has 0 amide bonds. The number of anilines is 1. The van der Waals surface area contributed by atoms with Crippen molar-refractivity contribution in [3.8, 4) is 0 Å². The second kappa shape index (κ2) is 5.54. The van der Waals surface area contributed by atoms with Crippen molar-refractivity contribution in [2.75, 3.05) is 32.2 Å². The molecule has 0 aliphatic carbocycles. The van der Waals surface area contributed by atoms with Crippen molar-refractivity contribution in [1.29, 1.82) is 0 Å². The zero-order chi connectivity index (χ0) is 14.0. The van der Waals surface area contributed by atoms with Crippen LogP contribution in [-0.4, -0.2) is 50.6 Å². The maximum absolute atomic E-state index is 13.9. The van der Waals surface area contributed by atoms with E-state index in [1.807, 2.05) is 0 Å². The van der Waals surface area contributed by atoms with Gasteiger partial charge in [0.15, 0.2) is 0 Å². The molecule has 1 heterocycles. The lowest BCUT2D eigenvalue weighted by Crippen LogP contribution is -2.27. The number of ether oxygens (including phenoxy) is 2. The van der Waals surface area contributed by atoms with E-state index in [2.05, 4.69) is 0 Å². The van der Waals surface area contributed by atoms with Crippen molar-refractivity contribution in [2.24, 2.45) is 0 Å². The van der Waals surface area contributed by atoms with E-state index in [0.29, 0.717) is 18.8 Å². The molecule has 1 saturated heterocycles. The molecular weight excluding hydrogens is 253 g/mol. The number of hydrogen-bond donors (Lipinski definition) is 1. The molecule has 5 nitrogen and oxygen atoms in total. The van der Waals surface area contributed by atoms with Crippen molar-refractivity contribution in [3.63, 3.8) is 0 Å².